The van der Waals surface area contributed by atoms with E-state index in [1.54, 1.807) is 0 Å². The third-order valence-electron chi connectivity index (χ3n) is 4.38. The van der Waals surface area contributed by atoms with Crippen LogP contribution in [0.2, 0.25) is 0 Å². The Morgan fingerprint density at radius 1 is 1.24 bits per heavy atom. The summed E-state index contributed by atoms with van der Waals surface area (Å²) in [6.45, 7) is 0. The first kappa shape index (κ1) is 18.3. The molecule has 0 unspecified atom stereocenters. The molecule has 5 nitrogen and oxygen atoms in total. The molecule has 0 bridgehead atoms. The second-order valence-electron chi connectivity index (χ2n) is 6.21. The molecule has 2 aliphatic rings. The van der Waals surface area contributed by atoms with E-state index in [4.69, 9.17) is 10.5 Å². The molecule has 2 aliphatic carbocycles. The Hall–Kier alpha value is -1.46. The molecule has 0 saturated heterocycles. The lowest BCUT2D eigenvalue weighted by atomic mass is 9.90. The summed E-state index contributed by atoms with van der Waals surface area (Å²) in [4.78, 5) is -1.38. The van der Waals surface area contributed by atoms with Gasteiger partial charge in [-0.05, 0) is 25.0 Å². The summed E-state index contributed by atoms with van der Waals surface area (Å²) in [7, 11) is -5.90. The number of aliphatic hydroxyl groups excluding tert-OH is 1. The largest absolute Gasteiger partial charge is 0.501 e. The standard InChI is InChI=1S/C14H14F5NO4S/c15-13(16)5-8-9(24-7-3-6(20)4-7)1-2-10(11(8)12(13)21)25(22,23)14(17,18)19/h1-2,6-7,12,21H,3-5,20H2/t6?,7?,12-/m0/s1. The van der Waals surface area contributed by atoms with Crippen molar-refractivity contribution in [3.63, 3.8) is 0 Å². The van der Waals surface area contributed by atoms with Crippen LogP contribution in [0.15, 0.2) is 17.0 Å². The van der Waals surface area contributed by atoms with Crippen LogP contribution in [-0.4, -0.2) is 37.1 Å². The third kappa shape index (κ3) is 2.87. The van der Waals surface area contributed by atoms with Gasteiger partial charge >= 0.3 is 5.51 Å². The molecule has 3 rings (SSSR count). The van der Waals surface area contributed by atoms with Crippen molar-refractivity contribution >= 4 is 9.84 Å². The highest BCUT2D eigenvalue weighted by Gasteiger charge is 2.55. The van der Waals surface area contributed by atoms with E-state index in [-0.39, 0.29) is 11.8 Å². The summed E-state index contributed by atoms with van der Waals surface area (Å²) in [5.41, 5.74) is -1.48. The summed E-state index contributed by atoms with van der Waals surface area (Å²) in [6, 6.07) is 1.34. The number of aliphatic hydroxyl groups is 1. The van der Waals surface area contributed by atoms with Crippen LogP contribution in [0.5, 0.6) is 5.75 Å². The Labute approximate surface area is 139 Å². The van der Waals surface area contributed by atoms with Crippen molar-refractivity contribution in [3.05, 3.63) is 23.3 Å². The number of hydrogen-bond donors (Lipinski definition) is 2. The number of rotatable bonds is 3. The number of benzene rings is 1. The number of nitrogens with two attached hydrogens (primary N) is 1. The third-order valence-corrected chi connectivity index (χ3v) is 5.92. The topological polar surface area (TPSA) is 89.6 Å². The molecule has 0 radical (unpaired) electrons. The van der Waals surface area contributed by atoms with Crippen molar-refractivity contribution in [1.82, 2.24) is 0 Å². The lowest BCUT2D eigenvalue weighted by Gasteiger charge is -2.33. The summed E-state index contributed by atoms with van der Waals surface area (Å²) in [5.74, 6) is -3.96. The molecule has 140 valence electrons. The SMILES string of the molecule is NC1CC(Oc2ccc(S(=O)(=O)C(F)(F)F)c3c2CC(F)(F)[C@H]3O)C1. The first-order valence-electron chi connectivity index (χ1n) is 7.30. The molecular weight excluding hydrogens is 373 g/mol. The second kappa shape index (κ2) is 5.52. The van der Waals surface area contributed by atoms with E-state index in [1.807, 2.05) is 0 Å². The van der Waals surface area contributed by atoms with E-state index in [1.165, 1.54) is 0 Å². The van der Waals surface area contributed by atoms with Crippen LogP contribution in [0.1, 0.15) is 30.1 Å². The predicted molar refractivity (Wildman–Crippen MR) is 74.9 cm³/mol. The van der Waals surface area contributed by atoms with Crippen LogP contribution in [0.4, 0.5) is 22.0 Å². The summed E-state index contributed by atoms with van der Waals surface area (Å²) in [6.07, 6.45) is -3.29. The predicted octanol–water partition coefficient (Wildman–Crippen LogP) is 2.07. The van der Waals surface area contributed by atoms with Crippen LogP contribution in [-0.2, 0) is 16.3 Å². The molecule has 1 aromatic carbocycles. The average molecular weight is 387 g/mol. The lowest BCUT2D eigenvalue weighted by molar-refractivity contribution is -0.0979. The minimum absolute atomic E-state index is 0.116. The zero-order chi connectivity index (χ0) is 18.8. The summed E-state index contributed by atoms with van der Waals surface area (Å²) < 4.78 is 95.0. The zero-order valence-corrected chi connectivity index (χ0v) is 13.4. The van der Waals surface area contributed by atoms with E-state index < -0.39 is 55.9 Å². The van der Waals surface area contributed by atoms with Crippen LogP contribution in [0, 0.1) is 0 Å². The molecule has 11 heteroatoms. The molecule has 0 spiro atoms. The molecule has 0 aliphatic heterocycles. The van der Waals surface area contributed by atoms with E-state index >= 15 is 0 Å². The molecule has 0 aromatic heterocycles. The van der Waals surface area contributed by atoms with Crippen LogP contribution < -0.4 is 10.5 Å². The average Bonchev–Trinajstić information content (AvgIpc) is 2.67. The number of fused-ring (bicyclic) bond motifs is 1. The van der Waals surface area contributed by atoms with Gasteiger partial charge in [0, 0.05) is 23.6 Å². The van der Waals surface area contributed by atoms with Gasteiger partial charge in [-0.1, -0.05) is 0 Å². The van der Waals surface area contributed by atoms with Gasteiger partial charge in [0.2, 0.25) is 0 Å². The van der Waals surface area contributed by atoms with Crippen molar-refractivity contribution < 1.29 is 40.2 Å². The van der Waals surface area contributed by atoms with Gasteiger partial charge in [-0.25, -0.2) is 17.2 Å². The molecule has 3 N–H and O–H groups in total. The maximum atomic E-state index is 13.9. The van der Waals surface area contributed by atoms with E-state index in [2.05, 4.69) is 0 Å². The minimum Gasteiger partial charge on any atom is -0.490 e. The van der Waals surface area contributed by atoms with Gasteiger partial charge in [0.05, 0.1) is 4.90 Å². The first-order chi connectivity index (χ1) is 11.3. The van der Waals surface area contributed by atoms with Gasteiger partial charge < -0.3 is 15.6 Å². The Morgan fingerprint density at radius 2 is 1.84 bits per heavy atom. The maximum absolute atomic E-state index is 13.9. The Balaban J connectivity index is 2.11. The highest BCUT2D eigenvalue weighted by atomic mass is 32.2. The maximum Gasteiger partial charge on any atom is 0.501 e. The van der Waals surface area contributed by atoms with Gasteiger partial charge in [0.15, 0.2) is 0 Å². The molecule has 1 aromatic rings. The van der Waals surface area contributed by atoms with Gasteiger partial charge in [0.1, 0.15) is 18.0 Å². The highest BCUT2D eigenvalue weighted by Crippen LogP contribution is 2.50. The molecule has 1 fully saturated rings. The number of hydrogen-bond acceptors (Lipinski definition) is 5. The second-order valence-corrected chi connectivity index (χ2v) is 8.12. The van der Waals surface area contributed by atoms with Gasteiger partial charge in [-0.15, -0.1) is 0 Å². The quantitative estimate of drug-likeness (QED) is 0.776. The smallest absolute Gasteiger partial charge is 0.490 e. The van der Waals surface area contributed by atoms with E-state index in [0.717, 1.165) is 6.07 Å². The fourth-order valence-electron chi connectivity index (χ4n) is 3.00. The lowest BCUT2D eigenvalue weighted by Crippen LogP contribution is -2.43. The van der Waals surface area contributed by atoms with Crippen molar-refractivity contribution in [3.8, 4) is 5.75 Å². The Bertz CT molecular complexity index is 802. The van der Waals surface area contributed by atoms with Gasteiger partial charge in [-0.3, -0.25) is 0 Å². The Morgan fingerprint density at radius 3 is 2.36 bits per heavy atom. The summed E-state index contributed by atoms with van der Waals surface area (Å²) >= 11 is 0. The van der Waals surface area contributed by atoms with Crippen molar-refractivity contribution in [2.24, 2.45) is 5.73 Å². The summed E-state index contributed by atoms with van der Waals surface area (Å²) in [5, 5.41) is 9.73. The zero-order valence-electron chi connectivity index (χ0n) is 12.6. The number of sulfone groups is 1. The van der Waals surface area contributed by atoms with E-state index in [9.17, 15) is 35.5 Å². The van der Waals surface area contributed by atoms with Gasteiger partial charge in [-0.2, -0.15) is 13.2 Å². The molecule has 1 saturated carbocycles. The Kier molecular flexibility index (Phi) is 4.05. The normalized spacial score (nSPS) is 28.4. The van der Waals surface area contributed by atoms with Crippen LogP contribution >= 0.6 is 0 Å². The molecule has 1 atom stereocenters. The van der Waals surface area contributed by atoms with Crippen molar-refractivity contribution in [2.75, 3.05) is 0 Å². The molecule has 0 heterocycles. The molecular formula is C14H14F5NO4S. The first-order valence-corrected chi connectivity index (χ1v) is 8.78. The minimum atomic E-state index is -5.90. The van der Waals surface area contributed by atoms with Crippen LogP contribution in [0.3, 0.4) is 0 Å². The molecule has 25 heavy (non-hydrogen) atoms. The highest BCUT2D eigenvalue weighted by molar-refractivity contribution is 7.92. The fourth-order valence-corrected chi connectivity index (χ4v) is 4.02. The number of ether oxygens (including phenoxy) is 1. The van der Waals surface area contributed by atoms with Gasteiger partial charge in [0.25, 0.3) is 15.8 Å². The number of alkyl halides is 5. The molecule has 0 amide bonds. The van der Waals surface area contributed by atoms with Crippen LogP contribution in [0.25, 0.3) is 0 Å². The van der Waals surface area contributed by atoms with Crippen molar-refractivity contribution in [1.29, 1.82) is 0 Å². The number of halogens is 5. The monoisotopic (exact) mass is 387 g/mol. The van der Waals surface area contributed by atoms with E-state index in [0.29, 0.717) is 18.9 Å². The van der Waals surface area contributed by atoms with Crippen molar-refractivity contribution in [2.45, 2.75) is 53.8 Å². The fraction of sp³-hybridized carbons (Fsp3) is 0.571.